The Hall–Kier alpha value is -4.15. The molecule has 0 bridgehead atoms. The van der Waals surface area contributed by atoms with Crippen LogP contribution < -0.4 is 50.4 Å². The van der Waals surface area contributed by atoms with Crippen LogP contribution in [0.2, 0.25) is 0 Å². The molecule has 3 unspecified atom stereocenters. The Kier molecular flexibility index (Phi) is 14.5. The van der Waals surface area contributed by atoms with E-state index >= 15 is 0 Å². The molecule has 3 atom stereocenters. The van der Waals surface area contributed by atoms with Gasteiger partial charge in [-0.25, -0.2) is 4.79 Å². The summed E-state index contributed by atoms with van der Waals surface area (Å²) in [4.78, 5) is 67.7. The fourth-order valence-electron chi connectivity index (χ4n) is 2.74. The second-order valence-corrected chi connectivity index (χ2v) is 7.35. The van der Waals surface area contributed by atoms with E-state index in [0.717, 1.165) is 0 Å². The number of rotatable bonds is 17. The molecule has 16 N–H and O–H groups in total. The van der Waals surface area contributed by atoms with Gasteiger partial charge in [0.1, 0.15) is 18.1 Å². The minimum absolute atomic E-state index is 0.0327. The van der Waals surface area contributed by atoms with Crippen LogP contribution >= 0.6 is 0 Å². The first-order valence-corrected chi connectivity index (χ1v) is 10.6. The summed E-state index contributed by atoms with van der Waals surface area (Å²) in [6, 6.07) is -4.00. The third-order valence-electron chi connectivity index (χ3n) is 4.38. The molecule has 17 nitrogen and oxygen atoms in total. The molecule has 0 fully saturated rings. The number of aliphatic imine (C=N–C) groups is 2. The first kappa shape index (κ1) is 30.8. The molecule has 0 rings (SSSR count). The zero-order chi connectivity index (χ0) is 27.0. The summed E-state index contributed by atoms with van der Waals surface area (Å²) in [6.45, 7) is -0.106. The first-order valence-electron chi connectivity index (χ1n) is 10.6. The van der Waals surface area contributed by atoms with Gasteiger partial charge in [0, 0.05) is 13.1 Å². The quantitative estimate of drug-likeness (QED) is 0.0508. The van der Waals surface area contributed by atoms with Crippen molar-refractivity contribution in [1.29, 1.82) is 0 Å². The first-order chi connectivity index (χ1) is 16.4. The minimum Gasteiger partial charge on any atom is -0.480 e. The molecule has 0 aliphatic rings. The summed E-state index contributed by atoms with van der Waals surface area (Å²) in [6.07, 6.45) is -0.0737. The lowest BCUT2D eigenvalue weighted by Gasteiger charge is -2.24. The van der Waals surface area contributed by atoms with Crippen molar-refractivity contribution in [2.24, 2.45) is 44.4 Å². The van der Waals surface area contributed by atoms with E-state index in [1.807, 2.05) is 0 Å². The lowest BCUT2D eigenvalue weighted by Crippen LogP contribution is -2.57. The topological polar surface area (TPSA) is 323 Å². The Morgan fingerprint density at radius 2 is 1.17 bits per heavy atom. The van der Waals surface area contributed by atoms with Crippen LogP contribution in [-0.4, -0.2) is 84.4 Å². The lowest BCUT2D eigenvalue weighted by molar-refractivity contribution is -0.142. The molecule has 0 aliphatic heterocycles. The Morgan fingerprint density at radius 3 is 1.60 bits per heavy atom. The summed E-state index contributed by atoms with van der Waals surface area (Å²) in [7, 11) is 0. The van der Waals surface area contributed by atoms with Gasteiger partial charge in [0.05, 0.1) is 13.0 Å². The molecule has 0 aliphatic carbocycles. The third kappa shape index (κ3) is 14.6. The van der Waals surface area contributed by atoms with Gasteiger partial charge in [0.2, 0.25) is 23.6 Å². The molecule has 0 radical (unpaired) electrons. The molecule has 0 heterocycles. The number of carboxylic acids is 1. The van der Waals surface area contributed by atoms with Gasteiger partial charge in [-0.15, -0.1) is 0 Å². The molecule has 0 saturated heterocycles. The molecule has 0 aromatic heterocycles. The summed E-state index contributed by atoms with van der Waals surface area (Å²) >= 11 is 0. The molecule has 0 spiro atoms. The van der Waals surface area contributed by atoms with Crippen molar-refractivity contribution < 1.29 is 29.1 Å². The van der Waals surface area contributed by atoms with Crippen molar-refractivity contribution in [1.82, 2.24) is 16.0 Å². The standard InChI is InChI=1S/C18H35N11O6/c19-8-13(31)27-9(3-1-5-25-17(21)22)14(32)29-11(7-12(20)30)15(33)28-10(16(34)35)4-2-6-26-18(23)24/h9-11H,1-8,19H2,(H2,20,30)(H,27,31)(H,28,33)(H,29,32)(H,34,35)(H4,21,22,25)(H4,23,24,26). The number of hydrogen-bond acceptors (Lipinski definition) is 8. The fraction of sp³-hybridized carbons (Fsp3) is 0.611. The van der Waals surface area contributed by atoms with Crippen molar-refractivity contribution in [3.05, 3.63) is 0 Å². The molecule has 0 aromatic carbocycles. The Morgan fingerprint density at radius 1 is 0.714 bits per heavy atom. The minimum atomic E-state index is -1.51. The van der Waals surface area contributed by atoms with Crippen molar-refractivity contribution >= 4 is 41.5 Å². The van der Waals surface area contributed by atoms with E-state index in [1.165, 1.54) is 0 Å². The van der Waals surface area contributed by atoms with Gasteiger partial charge in [-0.2, -0.15) is 0 Å². The van der Waals surface area contributed by atoms with Crippen LogP contribution in [0.5, 0.6) is 0 Å². The number of carbonyl (C=O) groups excluding carboxylic acids is 4. The molecule has 0 aromatic rings. The SMILES string of the molecule is NCC(=O)NC(CCCN=C(N)N)C(=O)NC(CC(N)=O)C(=O)NC(CCCN=C(N)N)C(=O)O. The van der Waals surface area contributed by atoms with E-state index in [1.54, 1.807) is 0 Å². The predicted octanol–water partition coefficient (Wildman–Crippen LogP) is -5.53. The van der Waals surface area contributed by atoms with Crippen LogP contribution in [0, 0.1) is 0 Å². The van der Waals surface area contributed by atoms with E-state index in [-0.39, 0.29) is 50.7 Å². The Bertz CT molecular complexity index is 809. The number of amides is 4. The van der Waals surface area contributed by atoms with Crippen molar-refractivity contribution in [3.8, 4) is 0 Å². The van der Waals surface area contributed by atoms with Crippen LogP contribution in [0.4, 0.5) is 0 Å². The number of hydrogen-bond donors (Lipinski definition) is 10. The van der Waals surface area contributed by atoms with Crippen molar-refractivity contribution in [2.75, 3.05) is 19.6 Å². The maximum Gasteiger partial charge on any atom is 0.326 e. The monoisotopic (exact) mass is 501 g/mol. The highest BCUT2D eigenvalue weighted by Gasteiger charge is 2.30. The maximum absolute atomic E-state index is 12.8. The highest BCUT2D eigenvalue weighted by Crippen LogP contribution is 2.04. The number of nitrogens with zero attached hydrogens (tertiary/aromatic N) is 2. The number of carboxylic acid groups (broad SMARTS) is 1. The van der Waals surface area contributed by atoms with Gasteiger partial charge in [0.15, 0.2) is 11.9 Å². The van der Waals surface area contributed by atoms with E-state index < -0.39 is 60.7 Å². The Labute approximate surface area is 201 Å². The number of aliphatic carboxylic acids is 1. The van der Waals surface area contributed by atoms with Crippen LogP contribution in [0.25, 0.3) is 0 Å². The van der Waals surface area contributed by atoms with Crippen molar-refractivity contribution in [2.45, 2.75) is 50.2 Å². The van der Waals surface area contributed by atoms with Crippen LogP contribution in [-0.2, 0) is 24.0 Å². The van der Waals surface area contributed by atoms with E-state index in [2.05, 4.69) is 25.9 Å². The summed E-state index contributed by atoms with van der Waals surface area (Å²) in [5, 5.41) is 16.3. The van der Waals surface area contributed by atoms with Crippen LogP contribution in [0.15, 0.2) is 9.98 Å². The predicted molar refractivity (Wildman–Crippen MR) is 126 cm³/mol. The zero-order valence-electron chi connectivity index (χ0n) is 19.2. The number of guanidine groups is 2. The second-order valence-electron chi connectivity index (χ2n) is 7.35. The molecule has 4 amide bonds. The van der Waals surface area contributed by atoms with E-state index in [9.17, 15) is 29.1 Å². The molecule has 17 heteroatoms. The molecule has 0 saturated carbocycles. The van der Waals surface area contributed by atoms with Gasteiger partial charge < -0.3 is 55.5 Å². The average Bonchev–Trinajstić information content (AvgIpc) is 2.76. The third-order valence-corrected chi connectivity index (χ3v) is 4.38. The number of nitrogens with two attached hydrogens (primary N) is 6. The van der Waals surface area contributed by atoms with Crippen molar-refractivity contribution in [3.63, 3.8) is 0 Å². The van der Waals surface area contributed by atoms with Gasteiger partial charge in [-0.3, -0.25) is 29.2 Å². The average molecular weight is 502 g/mol. The van der Waals surface area contributed by atoms with Gasteiger partial charge in [-0.05, 0) is 25.7 Å². The van der Waals surface area contributed by atoms with E-state index in [4.69, 9.17) is 34.4 Å². The zero-order valence-corrected chi connectivity index (χ0v) is 19.2. The number of carbonyl (C=O) groups is 5. The Balaban J connectivity index is 5.38. The van der Waals surface area contributed by atoms with Gasteiger partial charge >= 0.3 is 5.97 Å². The molecule has 35 heavy (non-hydrogen) atoms. The van der Waals surface area contributed by atoms with Crippen LogP contribution in [0.3, 0.4) is 0 Å². The molecule has 198 valence electrons. The molecular formula is C18H35N11O6. The van der Waals surface area contributed by atoms with Gasteiger partial charge in [-0.1, -0.05) is 0 Å². The van der Waals surface area contributed by atoms with E-state index in [0.29, 0.717) is 0 Å². The highest BCUT2D eigenvalue weighted by molar-refractivity contribution is 5.95. The fourth-order valence-corrected chi connectivity index (χ4v) is 2.74. The lowest BCUT2D eigenvalue weighted by atomic mass is 10.1. The smallest absolute Gasteiger partial charge is 0.326 e. The highest BCUT2D eigenvalue weighted by atomic mass is 16.4. The number of primary amides is 1. The van der Waals surface area contributed by atoms with Crippen LogP contribution in [0.1, 0.15) is 32.1 Å². The maximum atomic E-state index is 12.8. The number of nitrogens with one attached hydrogen (secondary N) is 3. The summed E-state index contributed by atoms with van der Waals surface area (Å²) in [5.74, 6) is -5.02. The van der Waals surface area contributed by atoms with Gasteiger partial charge in [0.25, 0.3) is 0 Å². The molecular weight excluding hydrogens is 466 g/mol. The summed E-state index contributed by atoms with van der Waals surface area (Å²) in [5.41, 5.74) is 31.4. The summed E-state index contributed by atoms with van der Waals surface area (Å²) < 4.78 is 0. The largest absolute Gasteiger partial charge is 0.480 e. The normalized spacial score (nSPS) is 12.8. The second kappa shape index (κ2) is 16.5.